The predicted octanol–water partition coefficient (Wildman–Crippen LogP) is 3.68. The zero-order valence-electron chi connectivity index (χ0n) is 11.0. The average molecular weight is 290 g/mol. The third-order valence-electron chi connectivity index (χ3n) is 2.51. The second-order valence-corrected chi connectivity index (χ2v) is 5.96. The number of hydrogen-bond acceptors (Lipinski definition) is 5. The Balaban J connectivity index is 2.40. The van der Waals surface area contributed by atoms with Crippen LogP contribution in [0.2, 0.25) is 0 Å². The van der Waals surface area contributed by atoms with Crippen LogP contribution in [0.4, 0.5) is 5.69 Å². The Morgan fingerprint density at radius 3 is 2.47 bits per heavy atom. The maximum Gasteiger partial charge on any atom is 0.186 e. The summed E-state index contributed by atoms with van der Waals surface area (Å²) in [5.74, 6) is -0.0347. The Morgan fingerprint density at radius 1 is 1.32 bits per heavy atom. The molecule has 0 fully saturated rings. The zero-order chi connectivity index (χ0) is 14.0. The second kappa shape index (κ2) is 5.67. The van der Waals surface area contributed by atoms with Gasteiger partial charge in [-0.1, -0.05) is 29.9 Å². The number of thiocarbonyl (C=S) groups is 1. The number of allylic oxidation sites excluding steroid dienone is 1. The first kappa shape index (κ1) is 14.0. The molecule has 0 aliphatic carbocycles. The number of aryl methyl sites for hydroxylation is 1. The van der Waals surface area contributed by atoms with E-state index in [9.17, 15) is 4.79 Å². The number of carbonyl (C=O) groups is 1. The zero-order valence-corrected chi connectivity index (χ0v) is 12.6. The minimum Gasteiger partial charge on any atom is -0.292 e. The molecule has 0 amide bonds. The maximum absolute atomic E-state index is 11.5. The molecule has 0 saturated carbocycles. The van der Waals surface area contributed by atoms with Crippen LogP contribution in [0, 0.1) is 6.92 Å². The van der Waals surface area contributed by atoms with Gasteiger partial charge in [-0.2, -0.15) is 5.10 Å². The van der Waals surface area contributed by atoms with Crippen LogP contribution >= 0.6 is 24.0 Å². The second-order valence-electron chi connectivity index (χ2n) is 4.30. The van der Waals surface area contributed by atoms with Gasteiger partial charge in [0.15, 0.2) is 10.8 Å². The normalized spacial score (nSPS) is 16.7. The van der Waals surface area contributed by atoms with Gasteiger partial charge in [-0.15, -0.1) is 0 Å². The molecular weight excluding hydrogens is 276 g/mol. The molecule has 0 bridgehead atoms. The predicted molar refractivity (Wildman–Crippen MR) is 85.7 cm³/mol. The van der Waals surface area contributed by atoms with Gasteiger partial charge in [-0.3, -0.25) is 4.79 Å². The first-order valence-electron chi connectivity index (χ1n) is 5.84. The van der Waals surface area contributed by atoms with E-state index in [0.29, 0.717) is 5.04 Å². The Bertz CT molecular complexity index is 588. The summed E-state index contributed by atoms with van der Waals surface area (Å²) < 4.78 is 0. The van der Waals surface area contributed by atoms with Crippen LogP contribution in [0.15, 0.2) is 40.5 Å². The standard InChI is InChI=1S/C14H14N2OS2/c1-9-4-6-12(7-5-9)16-13(8-10(2)18)19-14(15-16)11(3)17/h4-8H,1-3H3/b13-8-. The van der Waals surface area contributed by atoms with Crippen LogP contribution in [-0.4, -0.2) is 15.7 Å². The lowest BCUT2D eigenvalue weighted by Gasteiger charge is -2.15. The molecule has 0 N–H and O–H groups in total. The molecule has 0 radical (unpaired) electrons. The minimum absolute atomic E-state index is 0.0347. The number of benzene rings is 1. The number of Topliss-reactive ketones (excluding diaryl/α,β-unsaturated/α-hetero) is 1. The van der Waals surface area contributed by atoms with E-state index in [1.54, 1.807) is 5.01 Å². The Hall–Kier alpha value is -1.46. The van der Waals surface area contributed by atoms with Crippen molar-refractivity contribution in [2.24, 2.45) is 5.10 Å². The first-order valence-corrected chi connectivity index (χ1v) is 7.06. The molecule has 1 aromatic carbocycles. The molecule has 0 saturated heterocycles. The van der Waals surface area contributed by atoms with E-state index in [0.717, 1.165) is 15.6 Å². The van der Waals surface area contributed by atoms with Crippen molar-refractivity contribution >= 4 is 45.4 Å². The Morgan fingerprint density at radius 2 is 1.95 bits per heavy atom. The van der Waals surface area contributed by atoms with Gasteiger partial charge in [0.05, 0.1) is 5.69 Å². The first-order chi connectivity index (χ1) is 8.97. The van der Waals surface area contributed by atoms with Crippen LogP contribution in [0.1, 0.15) is 19.4 Å². The molecule has 1 aliphatic rings. The maximum atomic E-state index is 11.5. The summed E-state index contributed by atoms with van der Waals surface area (Å²) in [7, 11) is 0. The van der Waals surface area contributed by atoms with E-state index in [2.05, 4.69) is 5.10 Å². The molecule has 3 nitrogen and oxygen atoms in total. The molecule has 0 atom stereocenters. The molecule has 5 heteroatoms. The molecule has 0 spiro atoms. The van der Waals surface area contributed by atoms with Crippen molar-refractivity contribution in [3.05, 3.63) is 40.9 Å². The van der Waals surface area contributed by atoms with E-state index in [1.807, 2.05) is 44.2 Å². The summed E-state index contributed by atoms with van der Waals surface area (Å²) in [4.78, 5) is 12.2. The number of hydrazone groups is 1. The number of thioether (sulfide) groups is 1. The van der Waals surface area contributed by atoms with Gasteiger partial charge in [0.25, 0.3) is 0 Å². The van der Waals surface area contributed by atoms with Crippen molar-refractivity contribution in [1.82, 2.24) is 0 Å². The van der Waals surface area contributed by atoms with Gasteiger partial charge in [-0.05, 0) is 43.8 Å². The highest BCUT2D eigenvalue weighted by molar-refractivity contribution is 8.19. The number of rotatable bonds is 3. The van der Waals surface area contributed by atoms with Crippen LogP contribution < -0.4 is 5.01 Å². The smallest absolute Gasteiger partial charge is 0.186 e. The number of ketones is 1. The van der Waals surface area contributed by atoms with Crippen molar-refractivity contribution in [2.45, 2.75) is 20.8 Å². The van der Waals surface area contributed by atoms with Gasteiger partial charge in [0, 0.05) is 11.8 Å². The lowest BCUT2D eigenvalue weighted by Crippen LogP contribution is -2.10. The van der Waals surface area contributed by atoms with Gasteiger partial charge < -0.3 is 0 Å². The number of hydrogen-bond donors (Lipinski definition) is 0. The Kier molecular flexibility index (Phi) is 4.17. The van der Waals surface area contributed by atoms with Crippen molar-refractivity contribution in [1.29, 1.82) is 0 Å². The summed E-state index contributed by atoms with van der Waals surface area (Å²) in [6.45, 7) is 5.40. The quantitative estimate of drug-likeness (QED) is 0.628. The summed E-state index contributed by atoms with van der Waals surface area (Å²) >= 11 is 6.46. The van der Waals surface area contributed by atoms with Gasteiger partial charge >= 0.3 is 0 Å². The summed E-state index contributed by atoms with van der Waals surface area (Å²) in [6.07, 6.45) is 1.86. The van der Waals surface area contributed by atoms with E-state index in [-0.39, 0.29) is 5.78 Å². The van der Waals surface area contributed by atoms with E-state index >= 15 is 0 Å². The topological polar surface area (TPSA) is 32.7 Å². The van der Waals surface area contributed by atoms with E-state index in [4.69, 9.17) is 12.2 Å². The van der Waals surface area contributed by atoms with E-state index < -0.39 is 0 Å². The molecule has 1 heterocycles. The number of anilines is 1. The Labute approximate surface area is 122 Å². The molecule has 2 rings (SSSR count). The van der Waals surface area contributed by atoms with Crippen molar-refractivity contribution in [2.75, 3.05) is 5.01 Å². The van der Waals surface area contributed by atoms with Gasteiger partial charge in [-0.25, -0.2) is 5.01 Å². The van der Waals surface area contributed by atoms with E-state index in [1.165, 1.54) is 24.2 Å². The summed E-state index contributed by atoms with van der Waals surface area (Å²) in [5, 5.41) is 7.47. The van der Waals surface area contributed by atoms with Gasteiger partial charge in [0.1, 0.15) is 5.03 Å². The fourth-order valence-corrected chi connectivity index (χ4v) is 2.70. The lowest BCUT2D eigenvalue weighted by molar-refractivity contribution is -0.110. The highest BCUT2D eigenvalue weighted by Gasteiger charge is 2.25. The molecule has 1 aromatic rings. The molecule has 19 heavy (non-hydrogen) atoms. The van der Waals surface area contributed by atoms with Crippen LogP contribution in [0.5, 0.6) is 0 Å². The lowest BCUT2D eigenvalue weighted by atomic mass is 10.2. The van der Waals surface area contributed by atoms with Crippen LogP contribution in [0.25, 0.3) is 0 Å². The fraction of sp³-hybridized carbons (Fsp3) is 0.214. The molecular formula is C14H14N2OS2. The highest BCUT2D eigenvalue weighted by Crippen LogP contribution is 2.34. The van der Waals surface area contributed by atoms with Crippen molar-refractivity contribution in [3.8, 4) is 0 Å². The average Bonchev–Trinajstić information content (AvgIpc) is 2.73. The minimum atomic E-state index is -0.0347. The molecule has 98 valence electrons. The fourth-order valence-electron chi connectivity index (χ4n) is 1.58. The third-order valence-corrected chi connectivity index (χ3v) is 3.69. The van der Waals surface area contributed by atoms with Crippen molar-refractivity contribution < 1.29 is 4.79 Å². The summed E-state index contributed by atoms with van der Waals surface area (Å²) in [6, 6.07) is 8.00. The van der Waals surface area contributed by atoms with Crippen LogP contribution in [-0.2, 0) is 4.79 Å². The number of carbonyl (C=O) groups excluding carboxylic acids is 1. The molecule has 1 aliphatic heterocycles. The largest absolute Gasteiger partial charge is 0.292 e. The SMILES string of the molecule is CC(=O)C1=NN(c2ccc(C)cc2)/C(=C/C(C)=S)S1. The number of nitrogens with zero attached hydrogens (tertiary/aromatic N) is 2. The third kappa shape index (κ3) is 3.30. The highest BCUT2D eigenvalue weighted by atomic mass is 32.2. The van der Waals surface area contributed by atoms with Gasteiger partial charge in [0.2, 0.25) is 0 Å². The monoisotopic (exact) mass is 290 g/mol. The molecule has 0 aromatic heterocycles. The van der Waals surface area contributed by atoms with Crippen LogP contribution in [0.3, 0.4) is 0 Å². The summed E-state index contributed by atoms with van der Waals surface area (Å²) in [5.41, 5.74) is 2.11. The van der Waals surface area contributed by atoms with Crippen molar-refractivity contribution in [3.63, 3.8) is 0 Å². The molecule has 0 unspecified atom stereocenters.